The van der Waals surface area contributed by atoms with E-state index in [0.29, 0.717) is 6.54 Å². The summed E-state index contributed by atoms with van der Waals surface area (Å²) in [5, 5.41) is 9.10. The Labute approximate surface area is 135 Å². The topological polar surface area (TPSA) is 89.0 Å². The van der Waals surface area contributed by atoms with E-state index in [0.717, 1.165) is 12.8 Å². The van der Waals surface area contributed by atoms with Gasteiger partial charge in [0.05, 0.1) is 6.04 Å². The number of carboxylic acid groups (broad SMARTS) is 1. The van der Waals surface area contributed by atoms with Crippen molar-refractivity contribution in [3.8, 4) is 5.75 Å². The van der Waals surface area contributed by atoms with Gasteiger partial charge in [-0.15, -0.1) is 0 Å². The molecule has 126 valence electrons. The highest BCUT2D eigenvalue weighted by molar-refractivity contribution is 5.88. The summed E-state index contributed by atoms with van der Waals surface area (Å²) in [7, 11) is 0. The summed E-state index contributed by atoms with van der Waals surface area (Å²) in [6.07, 6.45) is 2.70. The molecule has 1 aromatic heterocycles. The molecule has 23 heavy (non-hydrogen) atoms. The van der Waals surface area contributed by atoms with Gasteiger partial charge in [-0.05, 0) is 45.7 Å². The minimum atomic E-state index is -1.14. The summed E-state index contributed by atoms with van der Waals surface area (Å²) >= 11 is 0. The summed E-state index contributed by atoms with van der Waals surface area (Å²) < 4.78 is 11.0. The molecule has 7 heteroatoms. The first-order chi connectivity index (χ1) is 10.8. The lowest BCUT2D eigenvalue weighted by molar-refractivity contribution is 0.0185. The third-order valence-electron chi connectivity index (χ3n) is 3.41. The monoisotopic (exact) mass is 322 g/mol. The van der Waals surface area contributed by atoms with Gasteiger partial charge >= 0.3 is 12.1 Å². The number of carbonyl (C=O) groups is 2. The van der Waals surface area contributed by atoms with Gasteiger partial charge in [0.2, 0.25) is 0 Å². The third kappa shape index (κ3) is 4.58. The van der Waals surface area contributed by atoms with Crippen molar-refractivity contribution < 1.29 is 24.2 Å². The van der Waals surface area contributed by atoms with Crippen molar-refractivity contribution in [1.82, 2.24) is 9.88 Å². The first-order valence-electron chi connectivity index (χ1n) is 7.58. The molecule has 1 fully saturated rings. The Balaban J connectivity index is 2.00. The zero-order chi connectivity index (χ0) is 17.0. The van der Waals surface area contributed by atoms with Gasteiger partial charge in [-0.1, -0.05) is 0 Å². The summed E-state index contributed by atoms with van der Waals surface area (Å²) in [6, 6.07) is 3.04. The van der Waals surface area contributed by atoms with Gasteiger partial charge in [0.15, 0.2) is 11.4 Å². The van der Waals surface area contributed by atoms with Crippen molar-refractivity contribution in [2.75, 3.05) is 13.2 Å². The van der Waals surface area contributed by atoms with Crippen LogP contribution in [0.25, 0.3) is 0 Å². The molecule has 0 radical (unpaired) electrons. The summed E-state index contributed by atoms with van der Waals surface area (Å²) in [6.45, 7) is 6.29. The van der Waals surface area contributed by atoms with Crippen LogP contribution in [0.1, 0.15) is 44.1 Å². The van der Waals surface area contributed by atoms with Crippen LogP contribution in [0.15, 0.2) is 18.3 Å². The zero-order valence-electron chi connectivity index (χ0n) is 13.6. The Morgan fingerprint density at radius 3 is 2.83 bits per heavy atom. The summed E-state index contributed by atoms with van der Waals surface area (Å²) in [4.78, 5) is 28.8. The predicted molar refractivity (Wildman–Crippen MR) is 82.7 cm³/mol. The molecule has 2 heterocycles. The maximum Gasteiger partial charge on any atom is 0.410 e. The average Bonchev–Trinajstić information content (AvgIpc) is 2.92. The molecular formula is C16H22N2O5. The van der Waals surface area contributed by atoms with Crippen molar-refractivity contribution in [2.24, 2.45) is 0 Å². The number of pyridine rings is 1. The summed E-state index contributed by atoms with van der Waals surface area (Å²) in [5.74, 6) is -0.938. The number of amides is 1. The molecule has 1 aliphatic rings. The van der Waals surface area contributed by atoms with Crippen molar-refractivity contribution in [3.05, 3.63) is 24.0 Å². The van der Waals surface area contributed by atoms with E-state index in [9.17, 15) is 9.59 Å². The molecule has 0 spiro atoms. The predicted octanol–water partition coefficient (Wildman–Crippen LogP) is 2.56. The molecule has 1 amide bonds. The van der Waals surface area contributed by atoms with Crippen LogP contribution in [-0.2, 0) is 4.74 Å². The van der Waals surface area contributed by atoms with Gasteiger partial charge in [0.1, 0.15) is 12.2 Å². The Morgan fingerprint density at radius 1 is 1.43 bits per heavy atom. The van der Waals surface area contributed by atoms with Crippen LogP contribution >= 0.6 is 0 Å². The standard InChI is InChI=1S/C16H22N2O5/c1-16(2,3)23-15(21)18-9-5-6-11(18)10-22-12-7-4-8-17-13(12)14(19)20/h4,7-8,11H,5-6,9-10H2,1-3H3,(H,19,20)/t11-/m1/s1. The molecular weight excluding hydrogens is 300 g/mol. The lowest BCUT2D eigenvalue weighted by Crippen LogP contribution is -2.42. The van der Waals surface area contributed by atoms with Gasteiger partial charge in [0.25, 0.3) is 0 Å². The normalized spacial score (nSPS) is 17.9. The van der Waals surface area contributed by atoms with E-state index in [2.05, 4.69) is 4.98 Å². The number of hydrogen-bond donors (Lipinski definition) is 1. The molecule has 1 atom stereocenters. The largest absolute Gasteiger partial charge is 0.489 e. The maximum atomic E-state index is 12.2. The van der Waals surface area contributed by atoms with Crippen LogP contribution in [0.4, 0.5) is 4.79 Å². The quantitative estimate of drug-likeness (QED) is 0.916. The second-order valence-corrected chi connectivity index (χ2v) is 6.44. The van der Waals surface area contributed by atoms with Crippen LogP contribution in [-0.4, -0.2) is 51.8 Å². The fourth-order valence-corrected chi connectivity index (χ4v) is 2.42. The molecule has 7 nitrogen and oxygen atoms in total. The lowest BCUT2D eigenvalue weighted by atomic mass is 10.2. The average molecular weight is 322 g/mol. The number of likely N-dealkylation sites (tertiary alicyclic amines) is 1. The Morgan fingerprint density at radius 2 is 2.17 bits per heavy atom. The fourth-order valence-electron chi connectivity index (χ4n) is 2.42. The highest BCUT2D eigenvalue weighted by Crippen LogP contribution is 2.23. The second kappa shape index (κ2) is 6.85. The van der Waals surface area contributed by atoms with E-state index in [1.807, 2.05) is 20.8 Å². The number of carboxylic acids is 1. The summed E-state index contributed by atoms with van der Waals surface area (Å²) in [5.41, 5.74) is -0.681. The van der Waals surface area contributed by atoms with E-state index < -0.39 is 11.6 Å². The van der Waals surface area contributed by atoms with Crippen LogP contribution in [0, 0.1) is 0 Å². The molecule has 0 aromatic carbocycles. The highest BCUT2D eigenvalue weighted by Gasteiger charge is 2.32. The van der Waals surface area contributed by atoms with Gasteiger partial charge < -0.3 is 19.5 Å². The number of aromatic carboxylic acids is 1. The molecule has 0 bridgehead atoms. The van der Waals surface area contributed by atoms with Crippen LogP contribution < -0.4 is 4.74 Å². The Hall–Kier alpha value is -2.31. The molecule has 1 N–H and O–H groups in total. The van der Waals surface area contributed by atoms with Gasteiger partial charge in [0, 0.05) is 12.7 Å². The number of nitrogens with zero attached hydrogens (tertiary/aromatic N) is 2. The number of hydrogen-bond acceptors (Lipinski definition) is 5. The lowest BCUT2D eigenvalue weighted by Gasteiger charge is -2.28. The van der Waals surface area contributed by atoms with E-state index in [4.69, 9.17) is 14.6 Å². The first kappa shape index (κ1) is 17.1. The molecule has 0 saturated carbocycles. The van der Waals surface area contributed by atoms with E-state index >= 15 is 0 Å². The van der Waals surface area contributed by atoms with Crippen LogP contribution in [0.2, 0.25) is 0 Å². The van der Waals surface area contributed by atoms with Gasteiger partial charge in [-0.2, -0.15) is 0 Å². The fraction of sp³-hybridized carbons (Fsp3) is 0.562. The van der Waals surface area contributed by atoms with Crippen molar-refractivity contribution in [3.63, 3.8) is 0 Å². The first-order valence-corrected chi connectivity index (χ1v) is 7.58. The molecule has 1 aliphatic heterocycles. The van der Waals surface area contributed by atoms with Crippen molar-refractivity contribution in [1.29, 1.82) is 0 Å². The SMILES string of the molecule is CC(C)(C)OC(=O)N1CCC[C@@H]1COc1cccnc1C(=O)O. The molecule has 2 rings (SSSR count). The number of aromatic nitrogens is 1. The third-order valence-corrected chi connectivity index (χ3v) is 3.41. The Kier molecular flexibility index (Phi) is 5.08. The number of ether oxygens (including phenoxy) is 2. The van der Waals surface area contributed by atoms with Gasteiger partial charge in [-0.3, -0.25) is 0 Å². The van der Waals surface area contributed by atoms with Crippen molar-refractivity contribution in [2.45, 2.75) is 45.3 Å². The number of carbonyl (C=O) groups excluding carboxylic acids is 1. The minimum absolute atomic E-state index is 0.130. The second-order valence-electron chi connectivity index (χ2n) is 6.44. The molecule has 1 saturated heterocycles. The molecule has 1 aromatic rings. The number of rotatable bonds is 4. The van der Waals surface area contributed by atoms with E-state index in [1.165, 1.54) is 6.20 Å². The van der Waals surface area contributed by atoms with Gasteiger partial charge in [-0.25, -0.2) is 14.6 Å². The van der Waals surface area contributed by atoms with E-state index in [-0.39, 0.29) is 30.2 Å². The smallest absolute Gasteiger partial charge is 0.410 e. The zero-order valence-corrected chi connectivity index (χ0v) is 13.6. The molecule has 0 unspecified atom stereocenters. The van der Waals surface area contributed by atoms with Crippen molar-refractivity contribution >= 4 is 12.1 Å². The van der Waals surface area contributed by atoms with Crippen LogP contribution in [0.5, 0.6) is 5.75 Å². The molecule has 0 aliphatic carbocycles. The van der Waals surface area contributed by atoms with Crippen LogP contribution in [0.3, 0.4) is 0 Å². The van der Waals surface area contributed by atoms with E-state index in [1.54, 1.807) is 17.0 Å². The Bertz CT molecular complexity index is 582. The highest BCUT2D eigenvalue weighted by atomic mass is 16.6. The maximum absolute atomic E-state index is 12.2. The minimum Gasteiger partial charge on any atom is -0.489 e.